The molecule has 0 bridgehead atoms. The summed E-state index contributed by atoms with van der Waals surface area (Å²) in [4.78, 5) is 8.84. The summed E-state index contributed by atoms with van der Waals surface area (Å²) >= 11 is 0. The number of hydrogen-bond donors (Lipinski definition) is 2. The third-order valence-electron chi connectivity index (χ3n) is 3.64. The minimum atomic E-state index is -0.319. The Balaban J connectivity index is 1.80. The van der Waals surface area contributed by atoms with Crippen molar-refractivity contribution in [2.45, 2.75) is 19.9 Å². The monoisotopic (exact) mass is 322 g/mol. The Kier molecular flexibility index (Phi) is 4.70. The van der Waals surface area contributed by atoms with Crippen LogP contribution in [-0.4, -0.2) is 9.97 Å². The minimum absolute atomic E-state index is 0.0642. The van der Waals surface area contributed by atoms with Gasteiger partial charge in [-0.05, 0) is 31.5 Å². The van der Waals surface area contributed by atoms with Crippen LogP contribution >= 0.6 is 0 Å². The van der Waals surface area contributed by atoms with Gasteiger partial charge in [-0.15, -0.1) is 0 Å². The van der Waals surface area contributed by atoms with Gasteiger partial charge in [0.1, 0.15) is 11.6 Å². The third kappa shape index (κ3) is 3.87. The number of hydrogen-bond acceptors (Lipinski definition) is 4. The number of halogens is 1. The molecule has 2 N–H and O–H groups in total. The van der Waals surface area contributed by atoms with E-state index >= 15 is 0 Å². The van der Waals surface area contributed by atoms with Crippen LogP contribution in [0, 0.1) is 12.7 Å². The molecule has 0 radical (unpaired) electrons. The van der Waals surface area contributed by atoms with Gasteiger partial charge in [-0.1, -0.05) is 42.5 Å². The van der Waals surface area contributed by atoms with Gasteiger partial charge in [0, 0.05) is 11.8 Å². The molecule has 1 heterocycles. The Labute approximate surface area is 140 Å². The molecule has 3 aromatic rings. The fraction of sp³-hybridized carbons (Fsp3) is 0.158. The summed E-state index contributed by atoms with van der Waals surface area (Å²) in [5, 5.41) is 6.28. The smallest absolute Gasteiger partial charge is 0.225 e. The van der Waals surface area contributed by atoms with Crippen molar-refractivity contribution >= 4 is 17.5 Å². The Morgan fingerprint density at radius 3 is 2.42 bits per heavy atom. The van der Waals surface area contributed by atoms with E-state index in [1.807, 2.05) is 44.2 Å². The van der Waals surface area contributed by atoms with Crippen LogP contribution in [0.1, 0.15) is 24.2 Å². The summed E-state index contributed by atoms with van der Waals surface area (Å²) in [7, 11) is 0. The predicted molar refractivity (Wildman–Crippen MR) is 94.9 cm³/mol. The van der Waals surface area contributed by atoms with E-state index < -0.39 is 0 Å². The molecule has 24 heavy (non-hydrogen) atoms. The Bertz CT molecular complexity index is 821. The molecule has 122 valence electrons. The lowest BCUT2D eigenvalue weighted by molar-refractivity contribution is 0.632. The summed E-state index contributed by atoms with van der Waals surface area (Å²) < 4.78 is 13.8. The number of benzene rings is 2. The van der Waals surface area contributed by atoms with E-state index in [2.05, 4.69) is 20.6 Å². The standard InChI is InChI=1S/C19H19FN4/c1-13-12-18(23-17-11-7-6-10-16(17)20)24-19(21-13)22-14(2)15-8-4-3-5-9-15/h3-12,14H,1-2H3,(H2,21,22,23,24). The van der Waals surface area contributed by atoms with Gasteiger partial charge in [0.25, 0.3) is 0 Å². The molecule has 3 rings (SSSR count). The largest absolute Gasteiger partial charge is 0.348 e. The highest BCUT2D eigenvalue weighted by atomic mass is 19.1. The number of rotatable bonds is 5. The van der Waals surface area contributed by atoms with Gasteiger partial charge in [0.15, 0.2) is 0 Å². The highest BCUT2D eigenvalue weighted by Crippen LogP contribution is 2.21. The molecule has 0 aliphatic heterocycles. The van der Waals surface area contributed by atoms with Gasteiger partial charge in [0.2, 0.25) is 5.95 Å². The van der Waals surface area contributed by atoms with Crippen molar-refractivity contribution < 1.29 is 4.39 Å². The van der Waals surface area contributed by atoms with E-state index in [9.17, 15) is 4.39 Å². The fourth-order valence-corrected chi connectivity index (χ4v) is 2.42. The number of para-hydroxylation sites is 1. The zero-order valence-corrected chi connectivity index (χ0v) is 13.6. The molecular formula is C19H19FN4. The molecule has 1 aromatic heterocycles. The average molecular weight is 322 g/mol. The molecule has 4 nitrogen and oxygen atoms in total. The van der Waals surface area contributed by atoms with E-state index in [4.69, 9.17) is 0 Å². The van der Waals surface area contributed by atoms with E-state index in [-0.39, 0.29) is 11.9 Å². The van der Waals surface area contributed by atoms with Crippen LogP contribution in [0.5, 0.6) is 0 Å². The Hall–Kier alpha value is -2.95. The SMILES string of the molecule is Cc1cc(Nc2ccccc2F)nc(NC(C)c2ccccc2)n1. The first-order valence-corrected chi connectivity index (χ1v) is 7.80. The molecule has 0 fully saturated rings. The van der Waals surface area contributed by atoms with Gasteiger partial charge in [-0.25, -0.2) is 9.37 Å². The van der Waals surface area contributed by atoms with E-state index in [0.29, 0.717) is 17.5 Å². The van der Waals surface area contributed by atoms with Crippen molar-refractivity contribution in [1.29, 1.82) is 0 Å². The molecule has 0 aliphatic carbocycles. The van der Waals surface area contributed by atoms with E-state index in [1.54, 1.807) is 24.3 Å². The number of nitrogens with zero attached hydrogens (tertiary/aromatic N) is 2. The van der Waals surface area contributed by atoms with Gasteiger partial charge < -0.3 is 10.6 Å². The molecule has 5 heteroatoms. The second-order valence-electron chi connectivity index (χ2n) is 5.60. The van der Waals surface area contributed by atoms with Crippen molar-refractivity contribution in [2.24, 2.45) is 0 Å². The topological polar surface area (TPSA) is 49.8 Å². The van der Waals surface area contributed by atoms with Crippen LogP contribution in [0.2, 0.25) is 0 Å². The molecule has 0 saturated carbocycles. The maximum absolute atomic E-state index is 13.8. The molecule has 0 amide bonds. The molecule has 0 spiro atoms. The molecular weight excluding hydrogens is 303 g/mol. The number of anilines is 3. The van der Waals surface area contributed by atoms with Crippen LogP contribution in [0.25, 0.3) is 0 Å². The van der Waals surface area contributed by atoms with Crippen LogP contribution in [0.4, 0.5) is 21.8 Å². The minimum Gasteiger partial charge on any atom is -0.348 e. The fourth-order valence-electron chi connectivity index (χ4n) is 2.42. The van der Waals surface area contributed by atoms with Gasteiger partial charge >= 0.3 is 0 Å². The van der Waals surface area contributed by atoms with Crippen LogP contribution in [0.15, 0.2) is 60.7 Å². The zero-order chi connectivity index (χ0) is 16.9. The van der Waals surface area contributed by atoms with Gasteiger partial charge in [-0.2, -0.15) is 4.98 Å². The number of nitrogens with one attached hydrogen (secondary N) is 2. The van der Waals surface area contributed by atoms with Crippen molar-refractivity contribution in [3.05, 3.63) is 77.7 Å². The molecule has 2 aromatic carbocycles. The normalized spacial score (nSPS) is 11.8. The van der Waals surface area contributed by atoms with E-state index in [0.717, 1.165) is 11.3 Å². The molecule has 0 aliphatic rings. The van der Waals surface area contributed by atoms with E-state index in [1.165, 1.54) is 6.07 Å². The van der Waals surface area contributed by atoms with Crippen molar-refractivity contribution in [1.82, 2.24) is 9.97 Å². The first-order chi connectivity index (χ1) is 11.6. The zero-order valence-electron chi connectivity index (χ0n) is 13.6. The predicted octanol–water partition coefficient (Wildman–Crippen LogP) is 4.84. The summed E-state index contributed by atoms with van der Waals surface area (Å²) in [6.45, 7) is 3.93. The summed E-state index contributed by atoms with van der Waals surface area (Å²) in [6.07, 6.45) is 0. The van der Waals surface area contributed by atoms with Crippen molar-refractivity contribution in [3.63, 3.8) is 0 Å². The first kappa shape index (κ1) is 15.9. The third-order valence-corrected chi connectivity index (χ3v) is 3.64. The average Bonchev–Trinajstić information content (AvgIpc) is 2.57. The molecule has 1 atom stereocenters. The lowest BCUT2D eigenvalue weighted by Crippen LogP contribution is -2.11. The lowest BCUT2D eigenvalue weighted by Gasteiger charge is -2.15. The number of aryl methyl sites for hydroxylation is 1. The highest BCUT2D eigenvalue weighted by molar-refractivity contribution is 5.58. The maximum Gasteiger partial charge on any atom is 0.225 e. The van der Waals surface area contributed by atoms with Gasteiger partial charge in [0.05, 0.1) is 11.7 Å². The molecule has 0 saturated heterocycles. The van der Waals surface area contributed by atoms with Gasteiger partial charge in [-0.3, -0.25) is 0 Å². The number of aromatic nitrogens is 2. The summed E-state index contributed by atoms with van der Waals surface area (Å²) in [6, 6.07) is 18.4. The maximum atomic E-state index is 13.8. The first-order valence-electron chi connectivity index (χ1n) is 7.80. The van der Waals surface area contributed by atoms with Crippen LogP contribution in [0.3, 0.4) is 0 Å². The summed E-state index contributed by atoms with van der Waals surface area (Å²) in [5.41, 5.74) is 2.33. The highest BCUT2D eigenvalue weighted by Gasteiger charge is 2.09. The quantitative estimate of drug-likeness (QED) is 0.705. The van der Waals surface area contributed by atoms with Crippen LogP contribution < -0.4 is 10.6 Å². The Morgan fingerprint density at radius 2 is 1.67 bits per heavy atom. The summed E-state index contributed by atoms with van der Waals surface area (Å²) in [5.74, 6) is 0.737. The second-order valence-corrected chi connectivity index (χ2v) is 5.60. The van der Waals surface area contributed by atoms with Crippen molar-refractivity contribution in [2.75, 3.05) is 10.6 Å². The van der Waals surface area contributed by atoms with Crippen LogP contribution in [-0.2, 0) is 0 Å². The molecule has 1 unspecified atom stereocenters. The Morgan fingerprint density at radius 1 is 0.958 bits per heavy atom. The second kappa shape index (κ2) is 7.08. The van der Waals surface area contributed by atoms with Crippen molar-refractivity contribution in [3.8, 4) is 0 Å². The lowest BCUT2D eigenvalue weighted by atomic mass is 10.1.